The van der Waals surface area contributed by atoms with E-state index in [4.69, 9.17) is 10.1 Å². The number of rotatable bonds is 11. The molecule has 0 atom stereocenters. The largest absolute Gasteiger partial charge is 0.340 e. The first kappa shape index (κ1) is 21.0. The van der Waals surface area contributed by atoms with Gasteiger partial charge in [-0.1, -0.05) is 51.0 Å². The van der Waals surface area contributed by atoms with Gasteiger partial charge in [-0.05, 0) is 41.3 Å². The van der Waals surface area contributed by atoms with Gasteiger partial charge in [0.1, 0.15) is 5.82 Å². The Kier molecular flexibility index (Phi) is 6.86. The number of nitrogens with one attached hydrogen (secondary N) is 1. The van der Waals surface area contributed by atoms with Gasteiger partial charge in [-0.25, -0.2) is 9.67 Å². The Hall–Kier alpha value is -3.29. The van der Waals surface area contributed by atoms with E-state index in [0.717, 1.165) is 69.0 Å². The second-order valence-electron chi connectivity index (χ2n) is 7.88. The van der Waals surface area contributed by atoms with Crippen LogP contribution in [-0.4, -0.2) is 40.0 Å². The first-order valence-corrected chi connectivity index (χ1v) is 11.2. The van der Waals surface area contributed by atoms with Gasteiger partial charge in [0, 0.05) is 25.6 Å². The Morgan fingerprint density at radius 1 is 0.903 bits per heavy atom. The number of benzene rings is 1. The maximum atomic E-state index is 4.81. The third-order valence-corrected chi connectivity index (χ3v) is 5.41. The van der Waals surface area contributed by atoms with Crippen molar-refractivity contribution in [2.75, 3.05) is 0 Å². The average Bonchev–Trinajstić information content (AvgIpc) is 3.53. The van der Waals surface area contributed by atoms with E-state index >= 15 is 0 Å². The Bertz CT molecular complexity index is 1060. The molecule has 1 aromatic carbocycles. The highest BCUT2D eigenvalue weighted by Gasteiger charge is 2.11. The molecule has 4 aromatic rings. The first-order valence-electron chi connectivity index (χ1n) is 11.2. The van der Waals surface area contributed by atoms with Gasteiger partial charge in [0.15, 0.2) is 5.82 Å². The highest BCUT2D eigenvalue weighted by molar-refractivity contribution is 5.49. The molecular weight excluding hydrogens is 388 g/mol. The molecule has 8 heteroatoms. The number of aromatic nitrogens is 8. The lowest BCUT2D eigenvalue weighted by atomic mass is 10.1. The zero-order chi connectivity index (χ0) is 21.5. The number of hydrogen-bond acceptors (Lipinski definition) is 5. The fourth-order valence-corrected chi connectivity index (χ4v) is 3.66. The van der Waals surface area contributed by atoms with Crippen LogP contribution in [0.3, 0.4) is 0 Å². The molecule has 3 heterocycles. The van der Waals surface area contributed by atoms with E-state index in [0.29, 0.717) is 5.82 Å². The van der Waals surface area contributed by atoms with Crippen LogP contribution in [0, 0.1) is 0 Å². The minimum atomic E-state index is 0.603. The summed E-state index contributed by atoms with van der Waals surface area (Å²) in [6, 6.07) is 12.7. The van der Waals surface area contributed by atoms with E-state index in [1.165, 1.54) is 11.1 Å². The van der Waals surface area contributed by atoms with Crippen LogP contribution in [0.15, 0.2) is 42.6 Å². The number of hydrogen-bond donors (Lipinski definition) is 1. The summed E-state index contributed by atoms with van der Waals surface area (Å²) in [5, 5.41) is 19.1. The molecule has 0 saturated heterocycles. The standard InChI is InChI=1S/C23H30N8/c1-3-5-9-21-24-22(10-6-4-2)31(27-21)17-19-13-11-18(12-14-19)16-30-15-7-8-20(30)23-25-28-29-26-23/h7-8,11-15H,3-6,9-10,16-17H2,1-2H3,(H,25,26,28,29). The van der Waals surface area contributed by atoms with E-state index in [-0.39, 0.29) is 0 Å². The highest BCUT2D eigenvalue weighted by atomic mass is 15.5. The fourth-order valence-electron chi connectivity index (χ4n) is 3.66. The van der Waals surface area contributed by atoms with Crippen molar-refractivity contribution in [3.8, 4) is 11.5 Å². The molecule has 0 fully saturated rings. The van der Waals surface area contributed by atoms with Crippen molar-refractivity contribution in [1.29, 1.82) is 0 Å². The van der Waals surface area contributed by atoms with Crippen LogP contribution in [0.5, 0.6) is 0 Å². The second kappa shape index (κ2) is 10.1. The first-order chi connectivity index (χ1) is 15.3. The van der Waals surface area contributed by atoms with Gasteiger partial charge in [0.2, 0.25) is 5.82 Å². The molecule has 31 heavy (non-hydrogen) atoms. The molecule has 0 unspecified atom stereocenters. The van der Waals surface area contributed by atoms with Crippen LogP contribution in [0.1, 0.15) is 62.3 Å². The Morgan fingerprint density at radius 2 is 1.65 bits per heavy atom. The molecule has 1 N–H and O–H groups in total. The molecule has 4 rings (SSSR count). The van der Waals surface area contributed by atoms with Crippen molar-refractivity contribution in [3.05, 3.63) is 65.4 Å². The predicted molar refractivity (Wildman–Crippen MR) is 119 cm³/mol. The second-order valence-corrected chi connectivity index (χ2v) is 7.88. The van der Waals surface area contributed by atoms with Gasteiger partial charge < -0.3 is 4.57 Å². The summed E-state index contributed by atoms with van der Waals surface area (Å²) >= 11 is 0. The van der Waals surface area contributed by atoms with Gasteiger partial charge in [-0.15, -0.1) is 10.2 Å². The fraction of sp³-hybridized carbons (Fsp3) is 0.435. The van der Waals surface area contributed by atoms with Crippen molar-refractivity contribution >= 4 is 0 Å². The lowest BCUT2D eigenvalue weighted by Crippen LogP contribution is -2.08. The normalized spacial score (nSPS) is 11.3. The third-order valence-electron chi connectivity index (χ3n) is 5.41. The summed E-state index contributed by atoms with van der Waals surface area (Å²) in [6.07, 6.45) is 8.59. The molecular formula is C23H30N8. The SMILES string of the molecule is CCCCc1nc(CCCC)n(Cc2ccc(Cn3cccc3-c3nn[nH]n3)cc2)n1. The molecule has 8 nitrogen and oxygen atoms in total. The number of H-pyrrole nitrogens is 1. The van der Waals surface area contributed by atoms with Crippen LogP contribution in [0.4, 0.5) is 0 Å². The van der Waals surface area contributed by atoms with E-state index in [1.807, 2.05) is 18.3 Å². The average molecular weight is 419 g/mol. The van der Waals surface area contributed by atoms with Crippen LogP contribution in [0.2, 0.25) is 0 Å². The molecule has 0 amide bonds. The van der Waals surface area contributed by atoms with Gasteiger partial charge >= 0.3 is 0 Å². The summed E-state index contributed by atoms with van der Waals surface area (Å²) in [4.78, 5) is 4.81. The van der Waals surface area contributed by atoms with E-state index in [9.17, 15) is 0 Å². The topological polar surface area (TPSA) is 90.1 Å². The van der Waals surface area contributed by atoms with Crippen LogP contribution < -0.4 is 0 Å². The third kappa shape index (κ3) is 5.25. The molecule has 0 saturated carbocycles. The predicted octanol–water partition coefficient (Wildman–Crippen LogP) is 4.04. The van der Waals surface area contributed by atoms with Crippen LogP contribution in [-0.2, 0) is 25.9 Å². The van der Waals surface area contributed by atoms with Crippen molar-refractivity contribution in [3.63, 3.8) is 0 Å². The van der Waals surface area contributed by atoms with Gasteiger partial charge in [0.25, 0.3) is 0 Å². The number of aryl methyl sites for hydroxylation is 2. The summed E-state index contributed by atoms with van der Waals surface area (Å²) < 4.78 is 4.22. The Balaban J connectivity index is 1.45. The maximum Gasteiger partial charge on any atom is 0.221 e. The molecule has 0 radical (unpaired) electrons. The summed E-state index contributed by atoms with van der Waals surface area (Å²) in [5.74, 6) is 2.69. The van der Waals surface area contributed by atoms with Crippen molar-refractivity contribution in [2.24, 2.45) is 0 Å². The zero-order valence-electron chi connectivity index (χ0n) is 18.3. The molecule has 162 valence electrons. The van der Waals surface area contributed by atoms with Crippen LogP contribution >= 0.6 is 0 Å². The summed E-state index contributed by atoms with van der Waals surface area (Å²) in [6.45, 7) is 5.93. The molecule has 0 aliphatic carbocycles. The molecule has 0 bridgehead atoms. The smallest absolute Gasteiger partial charge is 0.221 e. The molecule has 0 aliphatic rings. The Morgan fingerprint density at radius 3 is 2.35 bits per heavy atom. The summed E-state index contributed by atoms with van der Waals surface area (Å²) in [5.41, 5.74) is 3.40. The van der Waals surface area contributed by atoms with Crippen molar-refractivity contribution in [2.45, 2.75) is 65.5 Å². The number of aromatic amines is 1. The minimum Gasteiger partial charge on any atom is -0.340 e. The summed E-state index contributed by atoms with van der Waals surface area (Å²) in [7, 11) is 0. The Labute approximate surface area is 182 Å². The minimum absolute atomic E-state index is 0.603. The monoisotopic (exact) mass is 418 g/mol. The molecule has 0 spiro atoms. The van der Waals surface area contributed by atoms with E-state index < -0.39 is 0 Å². The van der Waals surface area contributed by atoms with Gasteiger partial charge in [0.05, 0.1) is 12.2 Å². The maximum absolute atomic E-state index is 4.81. The number of unbranched alkanes of at least 4 members (excludes halogenated alkanes) is 2. The zero-order valence-corrected chi connectivity index (χ0v) is 18.3. The highest BCUT2D eigenvalue weighted by Crippen LogP contribution is 2.17. The van der Waals surface area contributed by atoms with Crippen molar-refractivity contribution < 1.29 is 0 Å². The van der Waals surface area contributed by atoms with Gasteiger partial charge in [-0.2, -0.15) is 10.3 Å². The molecule has 3 aromatic heterocycles. The quantitative estimate of drug-likeness (QED) is 0.397. The van der Waals surface area contributed by atoms with Gasteiger partial charge in [-0.3, -0.25) is 0 Å². The van der Waals surface area contributed by atoms with E-state index in [1.54, 1.807) is 0 Å². The number of tetrazole rings is 1. The van der Waals surface area contributed by atoms with Crippen molar-refractivity contribution in [1.82, 2.24) is 40.0 Å². The number of nitrogens with zero attached hydrogens (tertiary/aromatic N) is 7. The lowest BCUT2D eigenvalue weighted by Gasteiger charge is -2.09. The van der Waals surface area contributed by atoms with Crippen LogP contribution in [0.25, 0.3) is 11.5 Å². The molecule has 0 aliphatic heterocycles. The lowest BCUT2D eigenvalue weighted by molar-refractivity contribution is 0.611. The van der Waals surface area contributed by atoms with E-state index in [2.05, 4.69) is 68.0 Å².